The average Bonchev–Trinajstić information content (AvgIpc) is 3.39. The van der Waals surface area contributed by atoms with E-state index >= 15 is 0 Å². The van der Waals surface area contributed by atoms with Crippen molar-refractivity contribution in [1.82, 2.24) is 14.0 Å². The third-order valence-corrected chi connectivity index (χ3v) is 10.7. The molecule has 2 aromatic heterocycles. The van der Waals surface area contributed by atoms with E-state index in [1.165, 1.54) is 27.4 Å². The fraction of sp³-hybridized carbons (Fsp3) is 0.393. The van der Waals surface area contributed by atoms with Crippen LogP contribution in [0.5, 0.6) is 0 Å². The summed E-state index contributed by atoms with van der Waals surface area (Å²) in [5, 5.41) is 2.24. The highest BCUT2D eigenvalue weighted by molar-refractivity contribution is 7.90. The van der Waals surface area contributed by atoms with Crippen molar-refractivity contribution in [2.24, 2.45) is 22.6 Å². The average molecular weight is 491 g/mol. The molecule has 2 heterocycles. The lowest BCUT2D eigenvalue weighted by Crippen LogP contribution is -2.31. The lowest BCUT2D eigenvalue weighted by molar-refractivity contribution is 0.134. The van der Waals surface area contributed by atoms with E-state index in [1.54, 1.807) is 55.9 Å². The third-order valence-electron chi connectivity index (χ3n) is 9.00. The number of nitrogens with two attached hydrogens (primary N) is 1. The number of hydrogen-bond donors (Lipinski definition) is 1. The Kier molecular flexibility index (Phi) is 5.49. The van der Waals surface area contributed by atoms with Crippen molar-refractivity contribution in [3.8, 4) is 0 Å². The maximum absolute atomic E-state index is 13.6. The first kappa shape index (κ1) is 23.8. The monoisotopic (exact) mass is 490 g/mol. The van der Waals surface area contributed by atoms with E-state index in [-0.39, 0.29) is 15.7 Å². The normalized spacial score (nSPS) is 25.8. The molecule has 2 N–H and O–H groups in total. The van der Waals surface area contributed by atoms with E-state index in [9.17, 15) is 8.42 Å². The van der Waals surface area contributed by atoms with Gasteiger partial charge in [-0.15, -0.1) is 0 Å². The van der Waals surface area contributed by atoms with Gasteiger partial charge in [-0.3, -0.25) is 0 Å². The standard InChI is InChI=1S/C28H34N4O2S/c1-6-19(17-31(5)29)24-18-32(35(33,34)22-10-8-7-9-11-22)26-23(24)14-20(16-30-26)25-15-21-12-13-28(25,4)27(21,2)3/h6-11,14,16-18,21,25H,1,12-13,15,29H2,2-5H3/b19-17+/t21?,25?,28-/m0/s1. The Morgan fingerprint density at radius 1 is 1.26 bits per heavy atom. The van der Waals surface area contributed by atoms with Crippen molar-refractivity contribution >= 4 is 26.6 Å². The first-order valence-corrected chi connectivity index (χ1v) is 13.6. The summed E-state index contributed by atoms with van der Waals surface area (Å²) in [6, 6.07) is 10.6. The van der Waals surface area contributed by atoms with Crippen LogP contribution in [0, 0.1) is 16.7 Å². The zero-order valence-corrected chi connectivity index (χ0v) is 21.7. The maximum Gasteiger partial charge on any atom is 0.269 e. The number of hydrogen-bond acceptors (Lipinski definition) is 5. The zero-order valence-electron chi connectivity index (χ0n) is 20.9. The van der Waals surface area contributed by atoms with Gasteiger partial charge in [-0.05, 0) is 65.7 Å². The van der Waals surface area contributed by atoms with Crippen molar-refractivity contribution in [3.05, 3.63) is 78.8 Å². The van der Waals surface area contributed by atoms with Crippen LogP contribution in [-0.2, 0) is 10.0 Å². The van der Waals surface area contributed by atoms with Gasteiger partial charge in [0.2, 0.25) is 0 Å². The molecule has 5 rings (SSSR count). The van der Waals surface area contributed by atoms with Crippen molar-refractivity contribution in [2.45, 2.75) is 50.8 Å². The van der Waals surface area contributed by atoms with Crippen LogP contribution in [0.2, 0.25) is 0 Å². The summed E-state index contributed by atoms with van der Waals surface area (Å²) >= 11 is 0. The number of rotatable bonds is 6. The van der Waals surface area contributed by atoms with Gasteiger partial charge in [0, 0.05) is 42.2 Å². The Morgan fingerprint density at radius 2 is 1.97 bits per heavy atom. The molecular formula is C28H34N4O2S. The summed E-state index contributed by atoms with van der Waals surface area (Å²) in [7, 11) is -2.11. The summed E-state index contributed by atoms with van der Waals surface area (Å²) in [5.41, 5.74) is 3.53. The van der Waals surface area contributed by atoms with Crippen molar-refractivity contribution in [3.63, 3.8) is 0 Å². The molecule has 7 heteroatoms. The minimum Gasteiger partial charge on any atom is -0.321 e. The number of pyridine rings is 1. The summed E-state index contributed by atoms with van der Waals surface area (Å²) < 4.78 is 28.5. The van der Waals surface area contributed by atoms with Gasteiger partial charge in [0.1, 0.15) is 0 Å². The molecule has 0 aliphatic heterocycles. The van der Waals surface area contributed by atoms with Gasteiger partial charge in [0.05, 0.1) is 4.90 Å². The van der Waals surface area contributed by atoms with Crippen LogP contribution < -0.4 is 5.84 Å². The van der Waals surface area contributed by atoms with Crippen LogP contribution in [0.3, 0.4) is 0 Å². The second-order valence-corrected chi connectivity index (χ2v) is 12.7. The lowest BCUT2D eigenvalue weighted by Gasteiger charge is -2.39. The highest BCUT2D eigenvalue weighted by Crippen LogP contribution is 2.70. The van der Waals surface area contributed by atoms with Crippen LogP contribution in [-0.4, -0.2) is 29.4 Å². The molecule has 2 aliphatic carbocycles. The highest BCUT2D eigenvalue weighted by atomic mass is 32.2. The molecule has 1 aromatic carbocycles. The largest absolute Gasteiger partial charge is 0.321 e. The number of hydrazine groups is 1. The van der Waals surface area contributed by atoms with Gasteiger partial charge < -0.3 is 5.01 Å². The first-order valence-electron chi connectivity index (χ1n) is 12.1. The molecule has 35 heavy (non-hydrogen) atoms. The third kappa shape index (κ3) is 3.47. The van der Waals surface area contributed by atoms with E-state index in [0.29, 0.717) is 17.5 Å². The van der Waals surface area contributed by atoms with E-state index in [4.69, 9.17) is 10.8 Å². The molecule has 2 fully saturated rings. The molecule has 2 aliphatic rings. The Hall–Kier alpha value is -2.90. The second-order valence-electron chi connectivity index (χ2n) is 10.9. The molecule has 184 valence electrons. The van der Waals surface area contributed by atoms with Crippen LogP contribution in [0.15, 0.2) is 72.5 Å². The zero-order chi connectivity index (χ0) is 25.2. The molecule has 6 nitrogen and oxygen atoms in total. The molecule has 2 unspecified atom stereocenters. The van der Waals surface area contributed by atoms with Crippen molar-refractivity contribution < 1.29 is 8.42 Å². The van der Waals surface area contributed by atoms with E-state index in [1.807, 2.05) is 6.20 Å². The van der Waals surface area contributed by atoms with Gasteiger partial charge >= 0.3 is 0 Å². The SMILES string of the molecule is C=C/C(=C\N(C)N)c1cn(S(=O)(=O)c2ccccc2)c2ncc(C3CC4CC[C@]3(C)C4(C)C)cc12. The number of aromatic nitrogens is 2. The van der Waals surface area contributed by atoms with Gasteiger partial charge in [-0.2, -0.15) is 0 Å². The van der Waals surface area contributed by atoms with Gasteiger partial charge in [-0.1, -0.05) is 51.6 Å². The van der Waals surface area contributed by atoms with Crippen LogP contribution in [0.25, 0.3) is 16.6 Å². The highest BCUT2D eigenvalue weighted by Gasteiger charge is 2.61. The minimum absolute atomic E-state index is 0.195. The topological polar surface area (TPSA) is 81.2 Å². The quantitative estimate of drug-likeness (QED) is 0.279. The lowest BCUT2D eigenvalue weighted by atomic mass is 9.65. The number of allylic oxidation sites excluding steroid dienone is 2. The van der Waals surface area contributed by atoms with E-state index in [0.717, 1.165) is 22.9 Å². The second kappa shape index (κ2) is 8.07. The molecule has 2 saturated carbocycles. The van der Waals surface area contributed by atoms with Gasteiger partial charge in [0.25, 0.3) is 10.0 Å². The predicted octanol–water partition coefficient (Wildman–Crippen LogP) is 5.54. The fourth-order valence-electron chi connectivity index (χ4n) is 6.56. The van der Waals surface area contributed by atoms with Gasteiger partial charge in [-0.25, -0.2) is 23.2 Å². The molecule has 0 spiro atoms. The van der Waals surface area contributed by atoms with E-state index in [2.05, 4.69) is 33.4 Å². The molecular weight excluding hydrogens is 456 g/mol. The Morgan fingerprint density at radius 3 is 2.54 bits per heavy atom. The molecule has 0 amide bonds. The smallest absolute Gasteiger partial charge is 0.269 e. The maximum atomic E-state index is 13.6. The number of benzene rings is 1. The van der Waals surface area contributed by atoms with E-state index < -0.39 is 10.0 Å². The summed E-state index contributed by atoms with van der Waals surface area (Å²) in [5.74, 6) is 7.01. The Bertz CT molecular complexity index is 1440. The molecule has 0 radical (unpaired) electrons. The first-order chi connectivity index (χ1) is 16.5. The van der Waals surface area contributed by atoms with Gasteiger partial charge in [0.15, 0.2) is 5.65 Å². The summed E-state index contributed by atoms with van der Waals surface area (Å²) in [6.45, 7) is 11.2. The fourth-order valence-corrected chi connectivity index (χ4v) is 7.91. The molecule has 2 bridgehead atoms. The predicted molar refractivity (Wildman–Crippen MR) is 141 cm³/mol. The van der Waals surface area contributed by atoms with Crippen molar-refractivity contribution in [1.29, 1.82) is 0 Å². The number of nitrogens with zero attached hydrogens (tertiary/aromatic N) is 3. The van der Waals surface area contributed by atoms with Crippen LogP contribution in [0.4, 0.5) is 0 Å². The number of fused-ring (bicyclic) bond motifs is 3. The summed E-state index contributed by atoms with van der Waals surface area (Å²) in [6.07, 6.45) is 10.6. The van der Waals surface area contributed by atoms with Crippen molar-refractivity contribution in [2.75, 3.05) is 7.05 Å². The Labute approximate surface area is 208 Å². The van der Waals surface area contributed by atoms with Crippen LogP contribution in [0.1, 0.15) is 57.1 Å². The Balaban J connectivity index is 1.73. The summed E-state index contributed by atoms with van der Waals surface area (Å²) in [4.78, 5) is 4.99. The van der Waals surface area contributed by atoms with Crippen LogP contribution >= 0.6 is 0 Å². The molecule has 0 saturated heterocycles. The minimum atomic E-state index is -3.84. The molecule has 3 aromatic rings. The molecule has 3 atom stereocenters.